The highest BCUT2D eigenvalue weighted by Gasteiger charge is 2.32. The van der Waals surface area contributed by atoms with Crippen molar-refractivity contribution in [3.63, 3.8) is 0 Å². The lowest BCUT2D eigenvalue weighted by Gasteiger charge is -2.17. The molecule has 1 fully saturated rings. The van der Waals surface area contributed by atoms with Crippen LogP contribution in [0.2, 0.25) is 0 Å². The molecule has 0 bridgehead atoms. The third kappa shape index (κ3) is 5.21. The summed E-state index contributed by atoms with van der Waals surface area (Å²) in [7, 11) is -3.14. The van der Waals surface area contributed by atoms with Gasteiger partial charge in [0.1, 0.15) is 12.7 Å². The summed E-state index contributed by atoms with van der Waals surface area (Å²) in [4.78, 5) is 11.4. The molecule has 1 amide bonds. The lowest BCUT2D eigenvalue weighted by Crippen LogP contribution is -2.42. The normalized spacial score (nSPS) is 24.8. The maximum absolute atomic E-state index is 11.8. The van der Waals surface area contributed by atoms with Crippen LogP contribution in [0.1, 0.15) is 13.3 Å². The van der Waals surface area contributed by atoms with Crippen LogP contribution in [-0.4, -0.2) is 50.8 Å². The summed E-state index contributed by atoms with van der Waals surface area (Å²) >= 11 is 0. The molecule has 5 nitrogen and oxygen atoms in total. The van der Waals surface area contributed by atoms with E-state index in [1.165, 1.54) is 6.92 Å². The Balaban J connectivity index is 2.37. The number of nitrogens with one attached hydrogen (secondary N) is 1. The van der Waals surface area contributed by atoms with Crippen LogP contribution in [0.3, 0.4) is 0 Å². The molecular formula is C9H14F3NO4S. The first-order chi connectivity index (χ1) is 8.09. The van der Waals surface area contributed by atoms with E-state index in [1.807, 2.05) is 0 Å². The van der Waals surface area contributed by atoms with Crippen molar-refractivity contribution in [2.45, 2.75) is 31.7 Å². The number of hydrogen-bond acceptors (Lipinski definition) is 4. The third-order valence-corrected chi connectivity index (χ3v) is 4.21. The topological polar surface area (TPSA) is 72.5 Å². The highest BCUT2D eigenvalue weighted by molar-refractivity contribution is 7.91. The highest BCUT2D eigenvalue weighted by atomic mass is 32.2. The van der Waals surface area contributed by atoms with E-state index in [4.69, 9.17) is 0 Å². The van der Waals surface area contributed by atoms with Gasteiger partial charge in [-0.05, 0) is 13.3 Å². The molecule has 0 saturated carbocycles. The number of sulfone groups is 1. The van der Waals surface area contributed by atoms with Crippen molar-refractivity contribution >= 4 is 15.7 Å². The van der Waals surface area contributed by atoms with Crippen molar-refractivity contribution in [3.05, 3.63) is 0 Å². The Bertz CT molecular complexity index is 407. The Labute approximate surface area is 103 Å². The van der Waals surface area contributed by atoms with E-state index in [-0.39, 0.29) is 17.9 Å². The molecule has 1 aliphatic rings. The van der Waals surface area contributed by atoms with Gasteiger partial charge in [-0.15, -0.1) is 0 Å². The van der Waals surface area contributed by atoms with Gasteiger partial charge in [-0.2, -0.15) is 13.2 Å². The number of alkyl halides is 3. The van der Waals surface area contributed by atoms with Crippen LogP contribution in [0.4, 0.5) is 13.2 Å². The molecule has 0 unspecified atom stereocenters. The molecular weight excluding hydrogens is 275 g/mol. The SMILES string of the molecule is C[C@H](OCC(F)(F)F)C(=O)N[C@@H]1CCS(=O)(=O)C1. The first kappa shape index (κ1) is 15.2. The van der Waals surface area contributed by atoms with Gasteiger partial charge in [0, 0.05) is 6.04 Å². The lowest BCUT2D eigenvalue weighted by molar-refractivity contribution is -0.185. The van der Waals surface area contributed by atoms with Crippen molar-refractivity contribution in [2.75, 3.05) is 18.1 Å². The molecule has 106 valence electrons. The van der Waals surface area contributed by atoms with E-state index in [0.29, 0.717) is 0 Å². The van der Waals surface area contributed by atoms with Gasteiger partial charge in [-0.1, -0.05) is 0 Å². The van der Waals surface area contributed by atoms with Gasteiger partial charge >= 0.3 is 6.18 Å². The summed E-state index contributed by atoms with van der Waals surface area (Å²) in [6, 6.07) is -0.542. The standard InChI is InChI=1S/C9H14F3NO4S/c1-6(17-5-9(10,11)12)8(14)13-7-2-3-18(15,16)4-7/h6-7H,2-5H2,1H3,(H,13,14)/t6-,7+/m0/s1. The van der Waals surface area contributed by atoms with Crippen LogP contribution in [0.5, 0.6) is 0 Å². The first-order valence-electron chi connectivity index (χ1n) is 5.28. The van der Waals surface area contributed by atoms with Crippen LogP contribution in [0.25, 0.3) is 0 Å². The predicted octanol–water partition coefficient (Wildman–Crippen LogP) is 0.257. The number of hydrogen-bond donors (Lipinski definition) is 1. The molecule has 2 atom stereocenters. The minimum Gasteiger partial charge on any atom is -0.359 e. The number of halogens is 3. The molecule has 0 spiro atoms. The second-order valence-electron chi connectivity index (χ2n) is 4.18. The van der Waals surface area contributed by atoms with Crippen molar-refractivity contribution in [1.82, 2.24) is 5.32 Å². The van der Waals surface area contributed by atoms with Crippen molar-refractivity contribution in [1.29, 1.82) is 0 Å². The number of rotatable bonds is 4. The zero-order valence-electron chi connectivity index (χ0n) is 9.66. The summed E-state index contributed by atoms with van der Waals surface area (Å²) in [5.74, 6) is -0.929. The quantitative estimate of drug-likeness (QED) is 0.805. The Morgan fingerprint density at radius 3 is 2.56 bits per heavy atom. The van der Waals surface area contributed by atoms with Crippen LogP contribution in [-0.2, 0) is 19.4 Å². The average Bonchev–Trinajstić information content (AvgIpc) is 2.53. The molecule has 0 aromatic carbocycles. The molecule has 1 saturated heterocycles. The van der Waals surface area contributed by atoms with E-state index in [2.05, 4.69) is 10.1 Å². The van der Waals surface area contributed by atoms with Gasteiger partial charge in [0.05, 0.1) is 11.5 Å². The van der Waals surface area contributed by atoms with E-state index in [1.54, 1.807) is 0 Å². The van der Waals surface area contributed by atoms with E-state index >= 15 is 0 Å². The molecule has 18 heavy (non-hydrogen) atoms. The molecule has 1 N–H and O–H groups in total. The number of carbonyl (C=O) groups is 1. The smallest absolute Gasteiger partial charge is 0.359 e. The molecule has 0 aromatic rings. The summed E-state index contributed by atoms with van der Waals surface area (Å²) in [6.45, 7) is -0.324. The van der Waals surface area contributed by atoms with Gasteiger partial charge < -0.3 is 10.1 Å². The monoisotopic (exact) mass is 289 g/mol. The minimum atomic E-state index is -4.49. The molecule has 1 rings (SSSR count). The van der Waals surface area contributed by atoms with Gasteiger partial charge in [-0.25, -0.2) is 8.42 Å². The molecule has 0 radical (unpaired) electrons. The first-order valence-corrected chi connectivity index (χ1v) is 7.10. The largest absolute Gasteiger partial charge is 0.411 e. The molecule has 1 heterocycles. The maximum atomic E-state index is 11.8. The van der Waals surface area contributed by atoms with Crippen LogP contribution in [0, 0.1) is 0 Å². The minimum absolute atomic E-state index is 0.0181. The molecule has 1 aliphatic heterocycles. The van der Waals surface area contributed by atoms with Gasteiger partial charge in [0.15, 0.2) is 9.84 Å². The number of carbonyl (C=O) groups excluding carboxylic acids is 1. The number of ether oxygens (including phenoxy) is 1. The Kier molecular flexibility index (Phi) is 4.60. The van der Waals surface area contributed by atoms with Crippen molar-refractivity contribution in [2.24, 2.45) is 0 Å². The fourth-order valence-electron chi connectivity index (χ4n) is 1.52. The highest BCUT2D eigenvalue weighted by Crippen LogP contribution is 2.16. The zero-order chi connectivity index (χ0) is 14.0. The van der Waals surface area contributed by atoms with Crippen LogP contribution in [0.15, 0.2) is 0 Å². The lowest BCUT2D eigenvalue weighted by atomic mass is 10.2. The van der Waals surface area contributed by atoms with Crippen LogP contribution < -0.4 is 5.32 Å². The fraction of sp³-hybridized carbons (Fsp3) is 0.889. The zero-order valence-corrected chi connectivity index (χ0v) is 10.5. The van der Waals surface area contributed by atoms with Gasteiger partial charge in [0.2, 0.25) is 5.91 Å². The Morgan fingerprint density at radius 2 is 2.11 bits per heavy atom. The predicted molar refractivity (Wildman–Crippen MR) is 56.7 cm³/mol. The second kappa shape index (κ2) is 5.43. The van der Waals surface area contributed by atoms with Crippen LogP contribution >= 0.6 is 0 Å². The number of amides is 1. The summed E-state index contributed by atoms with van der Waals surface area (Å²) in [6.07, 6.45) is -5.49. The van der Waals surface area contributed by atoms with Gasteiger partial charge in [0.25, 0.3) is 0 Å². The van der Waals surface area contributed by atoms with E-state index in [9.17, 15) is 26.4 Å². The maximum Gasteiger partial charge on any atom is 0.411 e. The fourth-order valence-corrected chi connectivity index (χ4v) is 3.20. The molecule has 0 aliphatic carbocycles. The van der Waals surface area contributed by atoms with E-state index < -0.39 is 40.7 Å². The summed E-state index contributed by atoms with van der Waals surface area (Å²) < 4.78 is 62.1. The molecule has 9 heteroatoms. The Hall–Kier alpha value is -0.830. The third-order valence-electron chi connectivity index (χ3n) is 2.45. The van der Waals surface area contributed by atoms with E-state index in [0.717, 1.165) is 0 Å². The van der Waals surface area contributed by atoms with Crippen molar-refractivity contribution < 1.29 is 31.1 Å². The van der Waals surface area contributed by atoms with Crippen molar-refractivity contribution in [3.8, 4) is 0 Å². The average molecular weight is 289 g/mol. The van der Waals surface area contributed by atoms with Gasteiger partial charge in [-0.3, -0.25) is 4.79 Å². The summed E-state index contributed by atoms with van der Waals surface area (Å²) in [5, 5.41) is 2.36. The Morgan fingerprint density at radius 1 is 1.50 bits per heavy atom. The second-order valence-corrected chi connectivity index (χ2v) is 6.41. The molecule has 0 aromatic heterocycles. The summed E-state index contributed by atoms with van der Waals surface area (Å²) in [5.41, 5.74) is 0.